The number of carbonyl (C=O) groups excluding carboxylic acids is 1. The van der Waals surface area contributed by atoms with Crippen LogP contribution >= 0.6 is 0 Å². The Morgan fingerprint density at radius 3 is 3.18 bits per heavy atom. The van der Waals surface area contributed by atoms with Crippen LogP contribution in [0.3, 0.4) is 0 Å². The van der Waals surface area contributed by atoms with Crippen molar-refractivity contribution in [2.24, 2.45) is 0 Å². The first kappa shape index (κ1) is 10.3. The zero-order valence-corrected chi connectivity index (χ0v) is 9.39. The molecule has 17 heavy (non-hydrogen) atoms. The predicted octanol–water partition coefficient (Wildman–Crippen LogP) is 0.851. The number of imidazole rings is 1. The summed E-state index contributed by atoms with van der Waals surface area (Å²) in [5, 5.41) is 3.19. The van der Waals surface area contributed by atoms with E-state index >= 15 is 0 Å². The van der Waals surface area contributed by atoms with Gasteiger partial charge in [-0.3, -0.25) is 9.20 Å². The average molecular weight is 230 g/mol. The molecule has 5 nitrogen and oxygen atoms in total. The van der Waals surface area contributed by atoms with E-state index in [9.17, 15) is 4.79 Å². The Morgan fingerprint density at radius 2 is 2.41 bits per heavy atom. The lowest BCUT2D eigenvalue weighted by atomic mass is 10.1. The number of carbonyl (C=O) groups is 1. The molecule has 0 radical (unpaired) electrons. The summed E-state index contributed by atoms with van der Waals surface area (Å²) in [5.74, 6) is 0.355. The number of nitrogens with one attached hydrogen (secondary N) is 1. The highest BCUT2D eigenvalue weighted by atomic mass is 16.1. The summed E-state index contributed by atoms with van der Waals surface area (Å²) in [6.45, 7) is 0.896. The molecule has 1 fully saturated rings. The van der Waals surface area contributed by atoms with E-state index in [2.05, 4.69) is 10.3 Å². The third-order valence-corrected chi connectivity index (χ3v) is 3.17. The third kappa shape index (κ3) is 1.59. The molecule has 1 atom stereocenters. The van der Waals surface area contributed by atoms with E-state index in [1.165, 1.54) is 0 Å². The standard InChI is InChI=1S/C12H14N4O/c13-12-10(11(17)8-4-3-6-14-8)16-7-2-1-5-9(16)15-12/h1-2,5,7-8,14H,3-4,6,13H2. The lowest BCUT2D eigenvalue weighted by Crippen LogP contribution is -2.32. The Morgan fingerprint density at radius 1 is 1.53 bits per heavy atom. The van der Waals surface area contributed by atoms with E-state index < -0.39 is 0 Å². The van der Waals surface area contributed by atoms with Crippen LogP contribution in [0.15, 0.2) is 24.4 Å². The normalized spacial score (nSPS) is 19.9. The molecule has 2 aromatic rings. The Balaban J connectivity index is 2.09. The van der Waals surface area contributed by atoms with Crippen LogP contribution in [0.1, 0.15) is 23.3 Å². The van der Waals surface area contributed by atoms with Crippen LogP contribution in [0.5, 0.6) is 0 Å². The van der Waals surface area contributed by atoms with Crippen molar-refractivity contribution in [1.82, 2.24) is 14.7 Å². The van der Waals surface area contributed by atoms with Gasteiger partial charge >= 0.3 is 0 Å². The summed E-state index contributed by atoms with van der Waals surface area (Å²) in [4.78, 5) is 16.5. The van der Waals surface area contributed by atoms with Crippen molar-refractivity contribution in [3.05, 3.63) is 30.1 Å². The van der Waals surface area contributed by atoms with E-state index in [0.29, 0.717) is 17.2 Å². The molecular weight excluding hydrogens is 216 g/mol. The summed E-state index contributed by atoms with van der Waals surface area (Å²) in [5.41, 5.74) is 7.06. The topological polar surface area (TPSA) is 72.4 Å². The number of hydrogen-bond donors (Lipinski definition) is 2. The minimum absolute atomic E-state index is 0.0405. The van der Waals surface area contributed by atoms with E-state index in [1.54, 1.807) is 4.40 Å². The summed E-state index contributed by atoms with van der Waals surface area (Å²) >= 11 is 0. The fourth-order valence-corrected chi connectivity index (χ4v) is 2.33. The first-order valence-electron chi connectivity index (χ1n) is 5.77. The Labute approximate surface area is 98.6 Å². The Hall–Kier alpha value is -1.88. The Kier molecular flexibility index (Phi) is 2.33. The van der Waals surface area contributed by atoms with Crippen molar-refractivity contribution in [3.63, 3.8) is 0 Å². The minimum Gasteiger partial charge on any atom is -0.382 e. The second-order valence-electron chi connectivity index (χ2n) is 4.29. The third-order valence-electron chi connectivity index (χ3n) is 3.17. The molecule has 3 N–H and O–H groups in total. The van der Waals surface area contributed by atoms with Crippen molar-refractivity contribution >= 4 is 17.2 Å². The molecule has 1 unspecified atom stereocenters. The molecule has 1 saturated heterocycles. The molecular formula is C12H14N4O. The van der Waals surface area contributed by atoms with Crippen LogP contribution in [0.4, 0.5) is 5.82 Å². The number of fused-ring (bicyclic) bond motifs is 1. The minimum atomic E-state index is -0.114. The molecule has 5 heteroatoms. The number of hydrogen-bond acceptors (Lipinski definition) is 4. The van der Waals surface area contributed by atoms with Crippen molar-refractivity contribution in [2.75, 3.05) is 12.3 Å². The Bertz CT molecular complexity index is 569. The molecule has 3 heterocycles. The van der Waals surface area contributed by atoms with E-state index in [0.717, 1.165) is 19.4 Å². The van der Waals surface area contributed by atoms with Gasteiger partial charge in [-0.05, 0) is 31.5 Å². The van der Waals surface area contributed by atoms with Gasteiger partial charge in [0.2, 0.25) is 0 Å². The summed E-state index contributed by atoms with van der Waals surface area (Å²) < 4.78 is 1.76. The highest BCUT2D eigenvalue weighted by molar-refractivity contribution is 6.03. The first-order valence-corrected chi connectivity index (χ1v) is 5.77. The number of anilines is 1. The van der Waals surface area contributed by atoms with Gasteiger partial charge in [-0.15, -0.1) is 0 Å². The number of aromatic nitrogens is 2. The van der Waals surface area contributed by atoms with E-state index in [4.69, 9.17) is 5.73 Å². The smallest absolute Gasteiger partial charge is 0.200 e. The fourth-order valence-electron chi connectivity index (χ4n) is 2.33. The van der Waals surface area contributed by atoms with Gasteiger partial charge in [-0.25, -0.2) is 4.98 Å². The van der Waals surface area contributed by atoms with Crippen LogP contribution in [0.2, 0.25) is 0 Å². The number of nitrogens with zero attached hydrogens (tertiary/aromatic N) is 2. The van der Waals surface area contributed by atoms with Crippen molar-refractivity contribution < 1.29 is 4.79 Å². The molecule has 0 amide bonds. The van der Waals surface area contributed by atoms with Crippen LogP contribution in [-0.4, -0.2) is 27.8 Å². The highest BCUT2D eigenvalue weighted by Crippen LogP contribution is 2.19. The lowest BCUT2D eigenvalue weighted by Gasteiger charge is -2.08. The fraction of sp³-hybridized carbons (Fsp3) is 0.333. The molecule has 0 spiro atoms. The molecule has 0 saturated carbocycles. The molecule has 0 aliphatic carbocycles. The zero-order valence-electron chi connectivity index (χ0n) is 9.39. The van der Waals surface area contributed by atoms with Crippen LogP contribution < -0.4 is 11.1 Å². The maximum atomic E-state index is 12.3. The molecule has 2 aromatic heterocycles. The van der Waals surface area contributed by atoms with Gasteiger partial charge in [0.15, 0.2) is 11.6 Å². The van der Waals surface area contributed by atoms with Crippen molar-refractivity contribution in [2.45, 2.75) is 18.9 Å². The second kappa shape index (κ2) is 3.85. The van der Waals surface area contributed by atoms with Gasteiger partial charge < -0.3 is 11.1 Å². The molecule has 1 aliphatic rings. The molecule has 0 bridgehead atoms. The predicted molar refractivity (Wildman–Crippen MR) is 65.0 cm³/mol. The van der Waals surface area contributed by atoms with Gasteiger partial charge in [-0.2, -0.15) is 0 Å². The van der Waals surface area contributed by atoms with Crippen molar-refractivity contribution in [1.29, 1.82) is 0 Å². The number of nitrogen functional groups attached to an aromatic ring is 1. The van der Waals surface area contributed by atoms with Crippen molar-refractivity contribution in [3.8, 4) is 0 Å². The summed E-state index contributed by atoms with van der Waals surface area (Å²) in [6, 6.07) is 5.48. The van der Waals surface area contributed by atoms with Gasteiger partial charge in [0, 0.05) is 6.20 Å². The number of rotatable bonds is 2. The van der Waals surface area contributed by atoms with E-state index in [1.807, 2.05) is 24.4 Å². The van der Waals surface area contributed by atoms with Crippen LogP contribution in [0, 0.1) is 0 Å². The highest BCUT2D eigenvalue weighted by Gasteiger charge is 2.27. The number of ketones is 1. The molecule has 3 rings (SSSR count). The quantitative estimate of drug-likeness (QED) is 0.750. The lowest BCUT2D eigenvalue weighted by molar-refractivity contribution is 0.0947. The summed E-state index contributed by atoms with van der Waals surface area (Å²) in [7, 11) is 0. The number of Topliss-reactive ketones (excluding diaryl/α,β-unsaturated/α-hetero) is 1. The van der Waals surface area contributed by atoms with Crippen LogP contribution in [-0.2, 0) is 0 Å². The summed E-state index contributed by atoms with van der Waals surface area (Å²) in [6.07, 6.45) is 3.73. The maximum Gasteiger partial charge on any atom is 0.200 e. The maximum absolute atomic E-state index is 12.3. The molecule has 1 aliphatic heterocycles. The van der Waals surface area contributed by atoms with E-state index in [-0.39, 0.29) is 11.8 Å². The molecule has 88 valence electrons. The van der Waals surface area contributed by atoms with Crippen LogP contribution in [0.25, 0.3) is 5.65 Å². The monoisotopic (exact) mass is 230 g/mol. The largest absolute Gasteiger partial charge is 0.382 e. The SMILES string of the molecule is Nc1nc2ccccn2c1C(=O)C1CCCN1. The first-order chi connectivity index (χ1) is 8.27. The zero-order chi connectivity index (χ0) is 11.8. The second-order valence-corrected chi connectivity index (χ2v) is 4.29. The molecule has 0 aromatic carbocycles. The van der Waals surface area contributed by atoms with Gasteiger partial charge in [0.25, 0.3) is 0 Å². The van der Waals surface area contributed by atoms with Gasteiger partial charge in [0.1, 0.15) is 11.3 Å². The van der Waals surface area contributed by atoms with Gasteiger partial charge in [-0.1, -0.05) is 6.07 Å². The average Bonchev–Trinajstić information content (AvgIpc) is 2.94. The number of pyridine rings is 1. The van der Waals surface area contributed by atoms with Gasteiger partial charge in [0.05, 0.1) is 6.04 Å². The number of nitrogens with two attached hydrogens (primary N) is 1.